The van der Waals surface area contributed by atoms with Crippen LogP contribution in [0.1, 0.15) is 54.9 Å². The molecule has 5 nitrogen and oxygen atoms in total. The second-order valence-corrected chi connectivity index (χ2v) is 12.1. The molecule has 48 heavy (non-hydrogen) atoms. The Balaban J connectivity index is 1.76. The van der Waals surface area contributed by atoms with Crippen molar-refractivity contribution in [3.63, 3.8) is 0 Å². The van der Waals surface area contributed by atoms with Crippen LogP contribution in [0.2, 0.25) is 5.02 Å². The first kappa shape index (κ1) is 37.0. The highest BCUT2D eigenvalue weighted by Crippen LogP contribution is 2.38. The van der Waals surface area contributed by atoms with Crippen molar-refractivity contribution in [1.29, 1.82) is 0 Å². The summed E-state index contributed by atoms with van der Waals surface area (Å²) in [5, 5.41) is 9.66. The maximum absolute atomic E-state index is 13.7. The number of anilines is 2. The molecular weight excluding hydrogens is 679 g/mol. The van der Waals surface area contributed by atoms with Crippen molar-refractivity contribution in [1.82, 2.24) is 0 Å². The van der Waals surface area contributed by atoms with E-state index in [-0.39, 0.29) is 29.7 Å². The van der Waals surface area contributed by atoms with Gasteiger partial charge in [-0.05, 0) is 110 Å². The molecule has 0 radical (unpaired) electrons. The van der Waals surface area contributed by atoms with E-state index in [1.807, 2.05) is 11.8 Å². The van der Waals surface area contributed by atoms with E-state index in [0.29, 0.717) is 67.3 Å². The summed E-state index contributed by atoms with van der Waals surface area (Å²) >= 11 is 6.03. The lowest BCUT2D eigenvalue weighted by Crippen LogP contribution is -2.34. The van der Waals surface area contributed by atoms with Crippen molar-refractivity contribution >= 4 is 28.9 Å². The van der Waals surface area contributed by atoms with Crippen LogP contribution in [-0.2, 0) is 30.2 Å². The summed E-state index contributed by atoms with van der Waals surface area (Å²) in [6.07, 6.45) is -13.0. The number of aliphatic carboxylic acids is 1. The number of hydrogen-bond donors (Lipinski definition) is 1. The minimum absolute atomic E-state index is 0.0231. The summed E-state index contributed by atoms with van der Waals surface area (Å²) < 4.78 is 126. The van der Waals surface area contributed by atoms with Crippen molar-refractivity contribution < 1.29 is 54.2 Å². The monoisotopic (exact) mass is 710 g/mol. The molecule has 0 atom stereocenters. The number of ether oxygens (including phenoxy) is 1. The zero-order valence-corrected chi connectivity index (χ0v) is 26.3. The van der Waals surface area contributed by atoms with Gasteiger partial charge in [0.15, 0.2) is 0 Å². The van der Waals surface area contributed by atoms with Gasteiger partial charge in [0.1, 0.15) is 5.75 Å². The Morgan fingerprint density at radius 3 is 1.90 bits per heavy atom. The van der Waals surface area contributed by atoms with Crippen LogP contribution in [0, 0.1) is 11.8 Å². The molecule has 1 saturated carbocycles. The zero-order chi connectivity index (χ0) is 35.4. The van der Waals surface area contributed by atoms with E-state index in [4.69, 9.17) is 11.6 Å². The van der Waals surface area contributed by atoms with E-state index in [9.17, 15) is 49.4 Å². The highest BCUT2D eigenvalue weighted by atomic mass is 35.5. The van der Waals surface area contributed by atoms with Gasteiger partial charge in [0.25, 0.3) is 0 Å². The lowest BCUT2D eigenvalue weighted by atomic mass is 9.81. The van der Waals surface area contributed by atoms with E-state index in [2.05, 4.69) is 4.74 Å². The lowest BCUT2D eigenvalue weighted by molar-refractivity contribution is -0.274. The van der Waals surface area contributed by atoms with Crippen molar-refractivity contribution in [3.05, 3.63) is 87.9 Å². The number of hydrogen-bond acceptors (Lipinski definition) is 4. The van der Waals surface area contributed by atoms with E-state index >= 15 is 0 Å². The highest BCUT2D eigenvalue weighted by molar-refractivity contribution is 6.30. The molecule has 1 fully saturated rings. The molecule has 1 aliphatic rings. The lowest BCUT2D eigenvalue weighted by Gasteiger charge is -2.34. The van der Waals surface area contributed by atoms with Gasteiger partial charge in [0.05, 0.1) is 17.0 Å². The molecule has 3 aromatic rings. The zero-order valence-electron chi connectivity index (χ0n) is 25.5. The summed E-state index contributed by atoms with van der Waals surface area (Å²) in [4.78, 5) is 14.8. The van der Waals surface area contributed by atoms with E-state index in [0.717, 1.165) is 12.1 Å². The van der Waals surface area contributed by atoms with Gasteiger partial charge in [-0.15, -0.1) is 13.2 Å². The predicted molar refractivity (Wildman–Crippen MR) is 162 cm³/mol. The van der Waals surface area contributed by atoms with Crippen LogP contribution in [0.15, 0.2) is 60.7 Å². The third-order valence-corrected chi connectivity index (χ3v) is 8.51. The Hall–Kier alpha value is -3.81. The molecule has 0 unspecified atom stereocenters. The number of carbonyl (C=O) groups is 1. The predicted octanol–water partition coefficient (Wildman–Crippen LogP) is 10.2. The van der Waals surface area contributed by atoms with Crippen LogP contribution in [0.5, 0.6) is 5.75 Å². The molecule has 0 saturated heterocycles. The maximum atomic E-state index is 13.7. The number of nitrogens with zero attached hydrogens (tertiary/aromatic N) is 2. The molecule has 15 heteroatoms. The summed E-state index contributed by atoms with van der Waals surface area (Å²) in [5.74, 6) is -1.80. The van der Waals surface area contributed by atoms with Gasteiger partial charge in [0, 0.05) is 42.6 Å². The van der Waals surface area contributed by atoms with Crippen LogP contribution < -0.4 is 14.5 Å². The van der Waals surface area contributed by atoms with Gasteiger partial charge in [-0.1, -0.05) is 11.6 Å². The smallest absolute Gasteiger partial charge is 0.481 e. The normalized spacial score (nSPS) is 17.2. The largest absolute Gasteiger partial charge is 0.573 e. The fraction of sp³-hybridized carbons (Fsp3) is 0.424. The van der Waals surface area contributed by atoms with Crippen LogP contribution in [0.4, 0.5) is 50.9 Å². The summed E-state index contributed by atoms with van der Waals surface area (Å²) in [7, 11) is 0. The molecule has 0 amide bonds. The van der Waals surface area contributed by atoms with Crippen LogP contribution in [0.3, 0.4) is 0 Å². The van der Waals surface area contributed by atoms with Gasteiger partial charge < -0.3 is 19.6 Å². The summed E-state index contributed by atoms with van der Waals surface area (Å²) in [5.41, 5.74) is -2.27. The second kappa shape index (κ2) is 14.8. The number of alkyl halides is 9. The Morgan fingerprint density at radius 1 is 0.812 bits per heavy atom. The molecule has 0 aromatic heterocycles. The third-order valence-electron chi connectivity index (χ3n) is 8.26. The highest BCUT2D eigenvalue weighted by Gasteiger charge is 2.37. The summed E-state index contributed by atoms with van der Waals surface area (Å²) in [6, 6.07) is 10.9. The first-order chi connectivity index (χ1) is 22.3. The first-order valence-corrected chi connectivity index (χ1v) is 15.4. The Morgan fingerprint density at radius 2 is 1.40 bits per heavy atom. The van der Waals surface area contributed by atoms with Gasteiger partial charge in [-0.3, -0.25) is 4.79 Å². The molecule has 1 N–H and O–H groups in total. The average molecular weight is 711 g/mol. The fourth-order valence-corrected chi connectivity index (χ4v) is 6.05. The number of carboxylic acid groups (broad SMARTS) is 1. The van der Waals surface area contributed by atoms with E-state index in [1.165, 1.54) is 35.2 Å². The van der Waals surface area contributed by atoms with Crippen molar-refractivity contribution in [2.75, 3.05) is 22.9 Å². The Labute approximate surface area is 275 Å². The average Bonchev–Trinajstić information content (AvgIpc) is 2.99. The molecule has 0 heterocycles. The van der Waals surface area contributed by atoms with Crippen molar-refractivity contribution in [2.45, 2.75) is 64.4 Å². The van der Waals surface area contributed by atoms with E-state index in [1.54, 1.807) is 0 Å². The molecule has 4 rings (SSSR count). The number of halogens is 10. The molecule has 1 aliphatic carbocycles. The van der Waals surface area contributed by atoms with Crippen molar-refractivity contribution in [3.8, 4) is 5.75 Å². The molecule has 0 aliphatic heterocycles. The quantitative estimate of drug-likeness (QED) is 0.201. The minimum Gasteiger partial charge on any atom is -0.481 e. The maximum Gasteiger partial charge on any atom is 0.573 e. The van der Waals surface area contributed by atoms with Crippen molar-refractivity contribution in [2.24, 2.45) is 11.8 Å². The third kappa shape index (κ3) is 10.1. The number of rotatable bonds is 11. The van der Waals surface area contributed by atoms with Gasteiger partial charge >= 0.3 is 24.7 Å². The Bertz CT molecular complexity index is 1520. The topological polar surface area (TPSA) is 53.0 Å². The molecule has 0 bridgehead atoms. The fourth-order valence-electron chi connectivity index (χ4n) is 5.92. The minimum atomic E-state index is -5.08. The van der Waals surface area contributed by atoms with Gasteiger partial charge in [0.2, 0.25) is 0 Å². The van der Waals surface area contributed by atoms with E-state index < -0.39 is 54.0 Å². The van der Waals surface area contributed by atoms with Crippen LogP contribution in [0.25, 0.3) is 0 Å². The SMILES string of the molecule is CCN(C[C@H]1CC[C@H](C(=O)O)CC1)c1ccc(OC(F)(F)F)cc1CN(Cc1cc(C(F)(F)F)cc(C(F)(F)F)c1)c1ccc(Cl)cc1. The van der Waals surface area contributed by atoms with Crippen LogP contribution in [-0.4, -0.2) is 30.5 Å². The van der Waals surface area contributed by atoms with Gasteiger partial charge in [-0.25, -0.2) is 0 Å². The standard InChI is InChI=1S/C33H32ClF9N2O3/c1-2-44(17-20-3-5-22(6-4-20)30(46)47)29-12-11-28(48-33(41,42)43)15-23(29)19-45(27-9-7-26(34)8-10-27)18-21-13-24(31(35,36)37)16-25(14-21)32(38,39)40/h7-16,20,22H,2-6,17-19H2,1H3,(H,46,47)/t20-,22-. The summed E-state index contributed by atoms with van der Waals surface area (Å²) in [6.45, 7) is 1.94. The molecule has 3 aromatic carbocycles. The Kier molecular flexibility index (Phi) is 11.4. The number of carboxylic acids is 1. The van der Waals surface area contributed by atoms with Gasteiger partial charge in [-0.2, -0.15) is 26.3 Å². The first-order valence-electron chi connectivity index (χ1n) is 15.0. The van der Waals surface area contributed by atoms with Crippen LogP contribution >= 0.6 is 11.6 Å². The number of benzene rings is 3. The molecule has 262 valence electrons. The molecular formula is C33H32ClF9N2O3. The molecule has 0 spiro atoms. The second-order valence-electron chi connectivity index (χ2n) is 11.7.